The first-order valence-corrected chi connectivity index (χ1v) is 6.50. The Morgan fingerprint density at radius 3 is 2.57 bits per heavy atom. The van der Waals surface area contributed by atoms with Gasteiger partial charge in [-0.05, 0) is 17.3 Å². The lowest BCUT2D eigenvalue weighted by atomic mass is 10.1. The van der Waals surface area contributed by atoms with Crippen molar-refractivity contribution in [2.24, 2.45) is 5.73 Å². The molecule has 3 aromatic rings. The molecule has 9 nitrogen and oxygen atoms in total. The predicted molar refractivity (Wildman–Crippen MR) is 79.8 cm³/mol. The molecule has 1 aromatic heterocycles. The summed E-state index contributed by atoms with van der Waals surface area (Å²) in [6.07, 6.45) is 0. The van der Waals surface area contributed by atoms with Crippen LogP contribution in [0, 0.1) is 10.1 Å². The monoisotopic (exact) mass is 310 g/mol. The Morgan fingerprint density at radius 1 is 1.17 bits per heavy atom. The van der Waals surface area contributed by atoms with E-state index in [1.54, 1.807) is 12.1 Å². The van der Waals surface area contributed by atoms with Crippen molar-refractivity contribution < 1.29 is 9.72 Å². The number of hydrogen-bond acceptors (Lipinski definition) is 6. The minimum atomic E-state index is -0.754. The summed E-state index contributed by atoms with van der Waals surface area (Å²) >= 11 is 0. The van der Waals surface area contributed by atoms with Gasteiger partial charge in [0.15, 0.2) is 5.69 Å². The number of nitrogens with zero attached hydrogens (tertiary/aromatic N) is 5. The van der Waals surface area contributed by atoms with Crippen LogP contribution in [0.2, 0.25) is 0 Å². The van der Waals surface area contributed by atoms with E-state index < -0.39 is 10.8 Å². The Labute approximate surface area is 129 Å². The smallest absolute Gasteiger partial charge is 0.297 e. The number of nitro benzene ring substituents is 1. The number of carbonyl (C=O) groups is 1. The van der Waals surface area contributed by atoms with E-state index in [-0.39, 0.29) is 16.9 Å². The van der Waals surface area contributed by atoms with Crippen LogP contribution in [0.3, 0.4) is 0 Å². The Hall–Kier alpha value is -3.62. The molecule has 23 heavy (non-hydrogen) atoms. The highest BCUT2D eigenvalue weighted by molar-refractivity contribution is 5.93. The average molecular weight is 310 g/mol. The van der Waals surface area contributed by atoms with E-state index in [4.69, 9.17) is 5.73 Å². The number of amides is 1. The first kappa shape index (κ1) is 14.3. The molecule has 0 saturated heterocycles. The van der Waals surface area contributed by atoms with Gasteiger partial charge in [0.05, 0.1) is 4.92 Å². The Bertz CT molecular complexity index is 891. The number of aromatic nitrogens is 4. The fourth-order valence-electron chi connectivity index (χ4n) is 2.01. The Morgan fingerprint density at radius 2 is 1.91 bits per heavy atom. The molecule has 0 atom stereocenters. The molecule has 0 aliphatic heterocycles. The fraction of sp³-hybridized carbons (Fsp3) is 0. The van der Waals surface area contributed by atoms with Crippen molar-refractivity contribution in [1.29, 1.82) is 0 Å². The van der Waals surface area contributed by atoms with Crippen molar-refractivity contribution in [2.75, 3.05) is 0 Å². The summed E-state index contributed by atoms with van der Waals surface area (Å²) in [7, 11) is 0. The van der Waals surface area contributed by atoms with Crippen LogP contribution >= 0.6 is 0 Å². The number of nitrogens with two attached hydrogens (primary N) is 1. The summed E-state index contributed by atoms with van der Waals surface area (Å²) in [4.78, 5) is 22.8. The highest BCUT2D eigenvalue weighted by Crippen LogP contribution is 2.24. The topological polar surface area (TPSA) is 130 Å². The largest absolute Gasteiger partial charge is 0.366 e. The van der Waals surface area contributed by atoms with Crippen molar-refractivity contribution in [1.82, 2.24) is 20.2 Å². The number of benzene rings is 2. The van der Waals surface area contributed by atoms with E-state index in [0.717, 1.165) is 16.4 Å². The lowest BCUT2D eigenvalue weighted by Gasteiger charge is -2.02. The van der Waals surface area contributed by atoms with E-state index in [0.29, 0.717) is 5.82 Å². The van der Waals surface area contributed by atoms with Crippen LogP contribution in [0.5, 0.6) is 0 Å². The van der Waals surface area contributed by atoms with Crippen LogP contribution in [0.25, 0.3) is 17.1 Å². The van der Waals surface area contributed by atoms with Gasteiger partial charge < -0.3 is 5.73 Å². The van der Waals surface area contributed by atoms with Crippen LogP contribution in [0.15, 0.2) is 48.5 Å². The number of tetrazole rings is 1. The summed E-state index contributed by atoms with van der Waals surface area (Å²) in [6, 6.07) is 12.9. The van der Waals surface area contributed by atoms with E-state index in [2.05, 4.69) is 15.4 Å². The zero-order chi connectivity index (χ0) is 16.4. The van der Waals surface area contributed by atoms with Gasteiger partial charge in [-0.15, -0.1) is 15.0 Å². The molecule has 2 aromatic carbocycles. The molecule has 0 saturated carbocycles. The molecule has 0 fully saturated rings. The first-order chi connectivity index (χ1) is 11.1. The normalized spacial score (nSPS) is 10.4. The number of rotatable bonds is 4. The molecule has 0 spiro atoms. The molecule has 2 N–H and O–H groups in total. The van der Waals surface area contributed by atoms with Crippen molar-refractivity contribution in [3.05, 3.63) is 64.2 Å². The lowest BCUT2D eigenvalue weighted by Crippen LogP contribution is -2.12. The molecule has 3 rings (SSSR count). The fourth-order valence-corrected chi connectivity index (χ4v) is 2.01. The van der Waals surface area contributed by atoms with Crippen LogP contribution < -0.4 is 5.73 Å². The molecular formula is C14H10N6O3. The van der Waals surface area contributed by atoms with E-state index in [9.17, 15) is 14.9 Å². The number of carbonyl (C=O) groups excluding carboxylic acids is 1. The molecule has 114 valence electrons. The number of nitro groups is 1. The Balaban J connectivity index is 2.07. The summed E-state index contributed by atoms with van der Waals surface area (Å²) < 4.78 is 0. The van der Waals surface area contributed by atoms with Gasteiger partial charge in [0, 0.05) is 17.2 Å². The van der Waals surface area contributed by atoms with Gasteiger partial charge in [-0.2, -0.15) is 0 Å². The predicted octanol–water partition coefficient (Wildman–Crippen LogP) is 1.34. The van der Waals surface area contributed by atoms with Crippen molar-refractivity contribution >= 4 is 11.6 Å². The maximum atomic E-state index is 11.2. The van der Waals surface area contributed by atoms with Crippen molar-refractivity contribution in [2.45, 2.75) is 0 Å². The van der Waals surface area contributed by atoms with Gasteiger partial charge in [-0.1, -0.05) is 30.3 Å². The molecule has 0 aliphatic rings. The maximum absolute atomic E-state index is 11.2. The molecule has 0 radical (unpaired) electrons. The minimum Gasteiger partial charge on any atom is -0.366 e. The lowest BCUT2D eigenvalue weighted by molar-refractivity contribution is -0.384. The second-order valence-corrected chi connectivity index (χ2v) is 4.59. The molecule has 0 unspecified atom stereocenters. The van der Waals surface area contributed by atoms with Gasteiger partial charge >= 0.3 is 0 Å². The summed E-state index contributed by atoms with van der Waals surface area (Å²) in [5, 5.41) is 23.1. The van der Waals surface area contributed by atoms with E-state index >= 15 is 0 Å². The maximum Gasteiger partial charge on any atom is 0.297 e. The first-order valence-electron chi connectivity index (χ1n) is 6.50. The summed E-state index contributed by atoms with van der Waals surface area (Å²) in [6.45, 7) is 0. The molecular weight excluding hydrogens is 300 g/mol. The molecule has 0 aliphatic carbocycles. The molecule has 9 heteroatoms. The van der Waals surface area contributed by atoms with Gasteiger partial charge in [0.25, 0.3) is 5.69 Å². The number of primary amides is 1. The van der Waals surface area contributed by atoms with Crippen LogP contribution in [-0.4, -0.2) is 31.0 Å². The highest BCUT2D eigenvalue weighted by atomic mass is 16.6. The van der Waals surface area contributed by atoms with Gasteiger partial charge in [-0.25, -0.2) is 0 Å². The molecule has 0 bridgehead atoms. The third kappa shape index (κ3) is 2.75. The molecule has 1 heterocycles. The van der Waals surface area contributed by atoms with Crippen molar-refractivity contribution in [3.8, 4) is 17.1 Å². The van der Waals surface area contributed by atoms with Gasteiger partial charge in [0.1, 0.15) is 0 Å². The zero-order valence-corrected chi connectivity index (χ0v) is 11.7. The highest BCUT2D eigenvalue weighted by Gasteiger charge is 2.20. The van der Waals surface area contributed by atoms with Crippen LogP contribution in [-0.2, 0) is 0 Å². The van der Waals surface area contributed by atoms with Crippen LogP contribution in [0.1, 0.15) is 10.4 Å². The van der Waals surface area contributed by atoms with Gasteiger partial charge in [0.2, 0.25) is 11.7 Å². The van der Waals surface area contributed by atoms with Gasteiger partial charge in [-0.3, -0.25) is 14.9 Å². The van der Waals surface area contributed by atoms with E-state index in [1.165, 1.54) is 12.1 Å². The Kier molecular flexibility index (Phi) is 3.51. The van der Waals surface area contributed by atoms with Crippen LogP contribution in [0.4, 0.5) is 5.69 Å². The average Bonchev–Trinajstić information content (AvgIpc) is 3.04. The third-order valence-corrected chi connectivity index (χ3v) is 3.12. The SMILES string of the molecule is NC(=O)c1ccc(-n2nnc(-c3ccccc3)n2)c([N+](=O)[O-])c1. The summed E-state index contributed by atoms with van der Waals surface area (Å²) in [5.41, 5.74) is 5.66. The standard InChI is InChI=1S/C14H10N6O3/c15-13(21)10-6-7-11(12(8-10)20(22)23)19-17-14(16-18-19)9-4-2-1-3-5-9/h1-8H,(H2,15,21). The number of hydrogen-bond donors (Lipinski definition) is 1. The quantitative estimate of drug-likeness (QED) is 0.571. The second-order valence-electron chi connectivity index (χ2n) is 4.59. The third-order valence-electron chi connectivity index (χ3n) is 3.12. The van der Waals surface area contributed by atoms with Crippen molar-refractivity contribution in [3.63, 3.8) is 0 Å². The van der Waals surface area contributed by atoms with E-state index in [1.807, 2.05) is 18.2 Å². The zero-order valence-electron chi connectivity index (χ0n) is 11.7. The summed E-state index contributed by atoms with van der Waals surface area (Å²) in [5.74, 6) is -0.421. The second kappa shape index (κ2) is 5.64. The minimum absolute atomic E-state index is 0.0313. The molecule has 1 amide bonds.